The number of ether oxygens (including phenoxy) is 1. The molecule has 1 atom stereocenters. The fraction of sp³-hybridized carbons (Fsp3) is 0.364. The molecule has 2 amide bonds. The first-order valence-electron chi connectivity index (χ1n) is 9.68. The fourth-order valence-corrected chi connectivity index (χ4v) is 4.20. The third-order valence-electron chi connectivity index (χ3n) is 5.84. The number of hydrogen-bond donors (Lipinski definition) is 1. The van der Waals surface area contributed by atoms with Crippen LogP contribution in [0.2, 0.25) is 5.02 Å². The predicted octanol–water partition coefficient (Wildman–Crippen LogP) is 4.40. The molecular weight excluding hydrogens is 395 g/mol. The summed E-state index contributed by atoms with van der Waals surface area (Å²) in [6.45, 7) is 1.47. The highest BCUT2D eigenvalue weighted by molar-refractivity contribution is 6.31. The average Bonchev–Trinajstić information content (AvgIpc) is 3.37. The van der Waals surface area contributed by atoms with Crippen molar-refractivity contribution in [3.8, 4) is 0 Å². The van der Waals surface area contributed by atoms with E-state index in [1.165, 1.54) is 18.2 Å². The smallest absolute Gasteiger partial charge is 0.410 e. The number of halogens is 2. The summed E-state index contributed by atoms with van der Waals surface area (Å²) in [4.78, 5) is 26.4. The van der Waals surface area contributed by atoms with Crippen molar-refractivity contribution in [2.24, 2.45) is 5.41 Å². The third kappa shape index (κ3) is 4.53. The van der Waals surface area contributed by atoms with Gasteiger partial charge in [-0.2, -0.15) is 0 Å². The summed E-state index contributed by atoms with van der Waals surface area (Å²) in [5, 5.41) is 3.17. The van der Waals surface area contributed by atoms with Crippen LogP contribution in [0.1, 0.15) is 35.2 Å². The summed E-state index contributed by atoms with van der Waals surface area (Å²) in [7, 11) is 0. The molecule has 1 spiro atoms. The first-order valence-corrected chi connectivity index (χ1v) is 10.1. The number of nitrogens with one attached hydrogen (secondary N) is 1. The van der Waals surface area contributed by atoms with Gasteiger partial charge < -0.3 is 15.0 Å². The van der Waals surface area contributed by atoms with E-state index in [-0.39, 0.29) is 40.7 Å². The predicted molar refractivity (Wildman–Crippen MR) is 107 cm³/mol. The summed E-state index contributed by atoms with van der Waals surface area (Å²) in [5.74, 6) is -0.853. The van der Waals surface area contributed by atoms with Crippen LogP contribution < -0.4 is 5.32 Å². The van der Waals surface area contributed by atoms with Crippen LogP contribution in [0.3, 0.4) is 0 Å². The quantitative estimate of drug-likeness (QED) is 0.803. The summed E-state index contributed by atoms with van der Waals surface area (Å²) in [6, 6.07) is 13.4. The van der Waals surface area contributed by atoms with Gasteiger partial charge in [-0.25, -0.2) is 9.18 Å². The Morgan fingerprint density at radius 1 is 1.17 bits per heavy atom. The van der Waals surface area contributed by atoms with Gasteiger partial charge in [-0.15, -0.1) is 0 Å². The van der Waals surface area contributed by atoms with E-state index < -0.39 is 5.82 Å². The van der Waals surface area contributed by atoms with Crippen LogP contribution in [0, 0.1) is 11.2 Å². The summed E-state index contributed by atoms with van der Waals surface area (Å²) in [5.41, 5.74) is 1.19. The van der Waals surface area contributed by atoms with Crippen molar-refractivity contribution in [2.75, 3.05) is 13.1 Å². The molecule has 29 heavy (non-hydrogen) atoms. The van der Waals surface area contributed by atoms with Gasteiger partial charge in [0.1, 0.15) is 12.4 Å². The van der Waals surface area contributed by atoms with Gasteiger partial charge in [0.15, 0.2) is 0 Å². The SMILES string of the molecule is O=C(N[C@H]1CC12CCN(C(=O)OCc1ccccc1)CC2)c1cc(F)cc(Cl)c1. The van der Waals surface area contributed by atoms with Gasteiger partial charge in [-0.05, 0) is 48.4 Å². The van der Waals surface area contributed by atoms with Gasteiger partial charge in [0.05, 0.1) is 0 Å². The lowest BCUT2D eigenvalue weighted by Crippen LogP contribution is -2.42. The van der Waals surface area contributed by atoms with E-state index in [9.17, 15) is 14.0 Å². The Kier molecular flexibility index (Phi) is 5.46. The molecule has 5 nitrogen and oxygen atoms in total. The standard InChI is InChI=1S/C22H22ClFN2O3/c23-17-10-16(11-18(24)12-17)20(27)25-19-13-22(19)6-8-26(9-7-22)21(28)29-14-15-4-2-1-3-5-15/h1-5,10-12,19H,6-9,13-14H2,(H,25,27)/t19-/m0/s1. The third-order valence-corrected chi connectivity index (χ3v) is 6.06. The average molecular weight is 417 g/mol. The summed E-state index contributed by atoms with van der Waals surface area (Å²) < 4.78 is 18.9. The first-order chi connectivity index (χ1) is 13.9. The Hall–Kier alpha value is -2.60. The normalized spacial score (nSPS) is 19.7. The van der Waals surface area contributed by atoms with Gasteiger partial charge in [0.2, 0.25) is 0 Å². The highest BCUT2D eigenvalue weighted by Gasteiger charge is 2.56. The molecule has 1 heterocycles. The van der Waals surface area contributed by atoms with E-state index in [1.54, 1.807) is 4.90 Å². The number of carbonyl (C=O) groups excluding carboxylic acids is 2. The molecule has 4 rings (SSSR count). The van der Waals surface area contributed by atoms with Crippen molar-refractivity contribution >= 4 is 23.6 Å². The lowest BCUT2D eigenvalue weighted by molar-refractivity contribution is 0.0772. The Balaban J connectivity index is 1.25. The van der Waals surface area contributed by atoms with E-state index in [1.807, 2.05) is 30.3 Å². The van der Waals surface area contributed by atoms with Crippen LogP contribution in [-0.4, -0.2) is 36.0 Å². The number of benzene rings is 2. The van der Waals surface area contributed by atoms with E-state index in [0.717, 1.165) is 24.8 Å². The second kappa shape index (κ2) is 8.03. The minimum Gasteiger partial charge on any atom is -0.445 e. The van der Waals surface area contributed by atoms with E-state index in [0.29, 0.717) is 13.1 Å². The van der Waals surface area contributed by atoms with Crippen LogP contribution in [0.25, 0.3) is 0 Å². The van der Waals surface area contributed by atoms with Crippen molar-refractivity contribution < 1.29 is 18.7 Å². The fourth-order valence-electron chi connectivity index (χ4n) is 3.98. The second-order valence-electron chi connectivity index (χ2n) is 7.78. The Morgan fingerprint density at radius 3 is 2.59 bits per heavy atom. The molecule has 1 aliphatic carbocycles. The monoisotopic (exact) mass is 416 g/mol. The van der Waals surface area contributed by atoms with Gasteiger partial charge in [0, 0.05) is 29.7 Å². The van der Waals surface area contributed by atoms with Crippen LogP contribution >= 0.6 is 11.6 Å². The molecule has 2 aromatic rings. The molecule has 1 N–H and O–H groups in total. The molecule has 0 aromatic heterocycles. The lowest BCUT2D eigenvalue weighted by Gasteiger charge is -2.32. The summed E-state index contributed by atoms with van der Waals surface area (Å²) in [6.07, 6.45) is 2.18. The van der Waals surface area contributed by atoms with Gasteiger partial charge in [-0.1, -0.05) is 41.9 Å². The number of carbonyl (C=O) groups is 2. The molecule has 2 aliphatic rings. The molecule has 7 heteroatoms. The molecule has 1 aliphatic heterocycles. The maximum Gasteiger partial charge on any atom is 0.410 e. The molecule has 2 aromatic carbocycles. The highest BCUT2D eigenvalue weighted by atomic mass is 35.5. The first kappa shape index (κ1) is 19.7. The van der Waals surface area contributed by atoms with E-state index in [2.05, 4.69) is 5.32 Å². The minimum atomic E-state index is -0.532. The molecule has 0 bridgehead atoms. The second-order valence-corrected chi connectivity index (χ2v) is 8.21. The number of hydrogen-bond acceptors (Lipinski definition) is 3. The lowest BCUT2D eigenvalue weighted by atomic mass is 9.93. The van der Waals surface area contributed by atoms with Gasteiger partial charge in [-0.3, -0.25) is 4.79 Å². The molecule has 0 radical (unpaired) electrons. The summed E-state index contributed by atoms with van der Waals surface area (Å²) >= 11 is 5.83. The van der Waals surface area contributed by atoms with Gasteiger partial charge in [0.25, 0.3) is 5.91 Å². The minimum absolute atomic E-state index is 0.0169. The van der Waals surface area contributed by atoms with Crippen LogP contribution in [-0.2, 0) is 11.3 Å². The maximum absolute atomic E-state index is 13.5. The highest BCUT2D eigenvalue weighted by Crippen LogP contribution is 2.54. The maximum atomic E-state index is 13.5. The Bertz CT molecular complexity index is 893. The van der Waals surface area contributed by atoms with Crippen LogP contribution in [0.15, 0.2) is 48.5 Å². The molecule has 1 saturated heterocycles. The number of nitrogens with zero attached hydrogens (tertiary/aromatic N) is 1. The van der Waals surface area contributed by atoms with Crippen molar-refractivity contribution in [1.82, 2.24) is 10.2 Å². The Morgan fingerprint density at radius 2 is 1.90 bits per heavy atom. The zero-order valence-corrected chi connectivity index (χ0v) is 16.6. The zero-order chi connectivity index (χ0) is 20.4. The van der Waals surface area contributed by atoms with Gasteiger partial charge >= 0.3 is 6.09 Å². The van der Waals surface area contributed by atoms with Crippen molar-refractivity contribution in [3.05, 3.63) is 70.5 Å². The van der Waals surface area contributed by atoms with Crippen LogP contribution in [0.5, 0.6) is 0 Å². The van der Waals surface area contributed by atoms with Crippen LogP contribution in [0.4, 0.5) is 9.18 Å². The van der Waals surface area contributed by atoms with E-state index in [4.69, 9.17) is 16.3 Å². The topological polar surface area (TPSA) is 58.6 Å². The zero-order valence-electron chi connectivity index (χ0n) is 15.9. The van der Waals surface area contributed by atoms with Crippen molar-refractivity contribution in [1.29, 1.82) is 0 Å². The number of piperidine rings is 1. The number of likely N-dealkylation sites (tertiary alicyclic amines) is 1. The molecule has 1 saturated carbocycles. The number of rotatable bonds is 4. The Labute approximate surface area is 173 Å². The van der Waals surface area contributed by atoms with Crippen molar-refractivity contribution in [2.45, 2.75) is 31.9 Å². The molecule has 0 unspecified atom stereocenters. The van der Waals surface area contributed by atoms with E-state index >= 15 is 0 Å². The molecule has 2 fully saturated rings. The number of amides is 2. The van der Waals surface area contributed by atoms with Crippen molar-refractivity contribution in [3.63, 3.8) is 0 Å². The molecular formula is C22H22ClFN2O3. The largest absolute Gasteiger partial charge is 0.445 e. The molecule has 152 valence electrons.